The number of benzene rings is 2. The highest BCUT2D eigenvalue weighted by Crippen LogP contribution is 2.53. The van der Waals surface area contributed by atoms with Crippen molar-refractivity contribution in [3.05, 3.63) is 71.8 Å². The molecule has 1 saturated heterocycles. The zero-order chi connectivity index (χ0) is 22.4. The Morgan fingerprint density at radius 2 is 1.59 bits per heavy atom. The number of methoxy groups -OCH3 is 1. The van der Waals surface area contributed by atoms with E-state index in [4.69, 9.17) is 9.47 Å². The number of imide groups is 1. The molecule has 1 heterocycles. The minimum atomic E-state index is -0.661. The Bertz CT molecular complexity index is 1120. The van der Waals surface area contributed by atoms with E-state index in [0.717, 1.165) is 6.42 Å². The fourth-order valence-electron chi connectivity index (χ4n) is 5.00. The summed E-state index contributed by atoms with van der Waals surface area (Å²) in [5, 5.41) is 0. The molecule has 2 aromatic carbocycles. The van der Waals surface area contributed by atoms with E-state index in [1.807, 2.05) is 12.2 Å². The van der Waals surface area contributed by atoms with Gasteiger partial charge in [0.2, 0.25) is 11.8 Å². The first-order chi connectivity index (χ1) is 15.5. The maximum absolute atomic E-state index is 12.9. The van der Waals surface area contributed by atoms with Crippen LogP contribution in [0.3, 0.4) is 0 Å². The number of hydrogen-bond acceptors (Lipinski definition) is 6. The van der Waals surface area contributed by atoms with Gasteiger partial charge in [0, 0.05) is 5.56 Å². The van der Waals surface area contributed by atoms with Gasteiger partial charge in [-0.1, -0.05) is 24.3 Å². The van der Waals surface area contributed by atoms with E-state index in [0.29, 0.717) is 17.0 Å². The molecule has 0 radical (unpaired) electrons. The molecular weight excluding hydrogens is 410 g/mol. The summed E-state index contributed by atoms with van der Waals surface area (Å²) in [4.78, 5) is 51.7. The van der Waals surface area contributed by atoms with Crippen molar-refractivity contribution >= 4 is 29.3 Å². The number of esters is 1. The fourth-order valence-corrected chi connectivity index (χ4v) is 5.00. The Kier molecular flexibility index (Phi) is 4.89. The van der Waals surface area contributed by atoms with Gasteiger partial charge in [0.1, 0.15) is 5.75 Å². The van der Waals surface area contributed by atoms with Crippen molar-refractivity contribution in [1.29, 1.82) is 0 Å². The summed E-state index contributed by atoms with van der Waals surface area (Å²) in [5.41, 5.74) is 1.05. The number of rotatable bonds is 6. The van der Waals surface area contributed by atoms with Crippen molar-refractivity contribution in [2.75, 3.05) is 18.6 Å². The van der Waals surface area contributed by atoms with Gasteiger partial charge in [0.05, 0.1) is 30.2 Å². The molecular formula is C25H21NO6. The second kappa shape index (κ2) is 7.75. The maximum Gasteiger partial charge on any atom is 0.338 e. The lowest BCUT2D eigenvalue weighted by molar-refractivity contribution is -0.123. The summed E-state index contributed by atoms with van der Waals surface area (Å²) < 4.78 is 10.2. The first kappa shape index (κ1) is 20.2. The monoisotopic (exact) mass is 431 g/mol. The number of anilines is 1. The predicted octanol–water partition coefficient (Wildman–Crippen LogP) is 3.05. The van der Waals surface area contributed by atoms with Crippen LogP contribution in [-0.2, 0) is 14.3 Å². The predicted molar refractivity (Wildman–Crippen MR) is 114 cm³/mol. The number of fused-ring (bicyclic) bond motifs is 5. The van der Waals surface area contributed by atoms with E-state index in [2.05, 4.69) is 0 Å². The van der Waals surface area contributed by atoms with Gasteiger partial charge in [0.15, 0.2) is 12.4 Å². The van der Waals surface area contributed by atoms with Crippen LogP contribution in [0.25, 0.3) is 0 Å². The molecule has 2 aromatic rings. The number of hydrogen-bond donors (Lipinski definition) is 0. The van der Waals surface area contributed by atoms with Crippen LogP contribution < -0.4 is 9.64 Å². The number of ether oxygens (including phenoxy) is 2. The molecule has 0 aromatic heterocycles. The molecule has 5 rings (SSSR count). The Hall–Kier alpha value is -3.74. The molecule has 2 bridgehead atoms. The van der Waals surface area contributed by atoms with E-state index >= 15 is 0 Å². The second-order valence-corrected chi connectivity index (χ2v) is 8.29. The van der Waals surface area contributed by atoms with Crippen LogP contribution in [0.5, 0.6) is 5.75 Å². The summed E-state index contributed by atoms with van der Waals surface area (Å²) in [6, 6.07) is 12.7. The summed E-state index contributed by atoms with van der Waals surface area (Å²) in [6.45, 7) is -0.407. The zero-order valence-electron chi connectivity index (χ0n) is 17.4. The van der Waals surface area contributed by atoms with E-state index in [-0.39, 0.29) is 46.8 Å². The highest BCUT2D eigenvalue weighted by atomic mass is 16.5. The third kappa shape index (κ3) is 3.21. The molecule has 0 unspecified atom stereocenters. The topological polar surface area (TPSA) is 90.0 Å². The Morgan fingerprint density at radius 3 is 2.22 bits per heavy atom. The molecule has 2 fully saturated rings. The summed E-state index contributed by atoms with van der Waals surface area (Å²) in [6.07, 6.45) is 4.97. The van der Waals surface area contributed by atoms with Crippen LogP contribution in [0.1, 0.15) is 27.1 Å². The molecule has 7 nitrogen and oxygen atoms in total. The molecule has 4 atom stereocenters. The van der Waals surface area contributed by atoms with Crippen molar-refractivity contribution in [2.24, 2.45) is 23.7 Å². The van der Waals surface area contributed by atoms with Crippen LogP contribution in [0.15, 0.2) is 60.7 Å². The van der Waals surface area contributed by atoms with Crippen LogP contribution >= 0.6 is 0 Å². The Balaban J connectivity index is 1.24. The highest BCUT2D eigenvalue weighted by Gasteiger charge is 2.59. The molecule has 162 valence electrons. The quantitative estimate of drug-likeness (QED) is 0.302. The normalized spacial score (nSPS) is 25.2. The van der Waals surface area contributed by atoms with Crippen molar-refractivity contribution in [3.63, 3.8) is 0 Å². The second-order valence-electron chi connectivity index (χ2n) is 8.29. The number of carbonyl (C=O) groups excluding carboxylic acids is 4. The van der Waals surface area contributed by atoms with E-state index < -0.39 is 12.6 Å². The van der Waals surface area contributed by atoms with Gasteiger partial charge in [0.25, 0.3) is 0 Å². The standard InChI is InChI=1S/C25H21NO6/c1-31-19-4-2-3-15(12-19)20(27)13-32-25(30)14-7-9-18(10-8-14)26-23(28)21-16-5-6-17(11-16)22(21)24(26)29/h2-10,12,16-17,21-22H,11,13H2,1H3/t16-,17+,21-,22+. The van der Waals surface area contributed by atoms with Gasteiger partial charge in [-0.2, -0.15) is 0 Å². The minimum absolute atomic E-state index is 0.142. The SMILES string of the molecule is COc1cccc(C(=O)COC(=O)c2ccc(N3C(=O)[C@@H]4[C@H](C3=O)[C@@H]3C=C[C@H]4C3)cc2)c1. The smallest absolute Gasteiger partial charge is 0.338 e. The van der Waals surface area contributed by atoms with Gasteiger partial charge in [-0.15, -0.1) is 0 Å². The third-order valence-corrected chi connectivity index (χ3v) is 6.56. The number of Topliss-reactive ketones (excluding diaryl/α,β-unsaturated/α-hetero) is 1. The Morgan fingerprint density at radius 1 is 0.938 bits per heavy atom. The van der Waals surface area contributed by atoms with Crippen molar-refractivity contribution in [1.82, 2.24) is 0 Å². The van der Waals surface area contributed by atoms with Gasteiger partial charge in [-0.25, -0.2) is 4.79 Å². The van der Waals surface area contributed by atoms with Crippen molar-refractivity contribution in [3.8, 4) is 5.75 Å². The number of carbonyl (C=O) groups is 4. The van der Waals surface area contributed by atoms with E-state index in [1.54, 1.807) is 36.4 Å². The lowest BCUT2D eigenvalue weighted by atomic mass is 9.85. The van der Waals surface area contributed by atoms with Crippen LogP contribution in [0.2, 0.25) is 0 Å². The van der Waals surface area contributed by atoms with Gasteiger partial charge in [-0.05, 0) is 54.7 Å². The highest BCUT2D eigenvalue weighted by molar-refractivity contribution is 6.22. The summed E-state index contributed by atoms with van der Waals surface area (Å²) in [7, 11) is 1.50. The van der Waals surface area contributed by atoms with Crippen LogP contribution in [-0.4, -0.2) is 37.3 Å². The summed E-state index contributed by atoms with van der Waals surface area (Å²) in [5.74, 6) is -1.08. The fraction of sp³-hybridized carbons (Fsp3) is 0.280. The molecule has 2 aliphatic carbocycles. The van der Waals surface area contributed by atoms with E-state index in [1.165, 1.54) is 24.1 Å². The molecule has 1 aliphatic heterocycles. The number of amides is 2. The minimum Gasteiger partial charge on any atom is -0.497 e. The zero-order valence-corrected chi connectivity index (χ0v) is 17.4. The maximum atomic E-state index is 12.9. The number of nitrogens with zero attached hydrogens (tertiary/aromatic N) is 1. The van der Waals surface area contributed by atoms with Crippen molar-refractivity contribution < 1.29 is 28.7 Å². The summed E-state index contributed by atoms with van der Waals surface area (Å²) >= 11 is 0. The number of allylic oxidation sites excluding steroid dienone is 2. The first-order valence-electron chi connectivity index (χ1n) is 10.5. The molecule has 7 heteroatoms. The lowest BCUT2D eigenvalue weighted by Crippen LogP contribution is -2.32. The molecule has 0 spiro atoms. The Labute approximate surface area is 184 Å². The molecule has 3 aliphatic rings. The van der Waals surface area contributed by atoms with Gasteiger partial charge < -0.3 is 9.47 Å². The van der Waals surface area contributed by atoms with E-state index in [9.17, 15) is 19.2 Å². The van der Waals surface area contributed by atoms with Gasteiger partial charge in [-0.3, -0.25) is 19.3 Å². The van der Waals surface area contributed by atoms with Crippen LogP contribution in [0, 0.1) is 23.7 Å². The number of ketones is 1. The average Bonchev–Trinajstić information content (AvgIpc) is 3.51. The van der Waals surface area contributed by atoms with Crippen molar-refractivity contribution in [2.45, 2.75) is 6.42 Å². The van der Waals surface area contributed by atoms with Crippen LogP contribution in [0.4, 0.5) is 5.69 Å². The van der Waals surface area contributed by atoms with Gasteiger partial charge >= 0.3 is 5.97 Å². The molecule has 1 saturated carbocycles. The molecule has 0 N–H and O–H groups in total. The largest absolute Gasteiger partial charge is 0.497 e. The lowest BCUT2D eigenvalue weighted by Gasteiger charge is -2.17. The third-order valence-electron chi connectivity index (χ3n) is 6.56. The molecule has 2 amide bonds. The molecule has 32 heavy (non-hydrogen) atoms. The average molecular weight is 431 g/mol. The first-order valence-corrected chi connectivity index (χ1v) is 10.5.